The van der Waals surface area contributed by atoms with Gasteiger partial charge in [-0.05, 0) is 56.1 Å². The summed E-state index contributed by atoms with van der Waals surface area (Å²) in [5.41, 5.74) is 6.81. The van der Waals surface area contributed by atoms with Crippen LogP contribution in [0.1, 0.15) is 24.8 Å². The Kier molecular flexibility index (Phi) is 4.76. The molecule has 100 valence electrons. The van der Waals surface area contributed by atoms with Crippen LogP contribution in [0.25, 0.3) is 0 Å². The van der Waals surface area contributed by atoms with Crippen molar-refractivity contribution in [2.24, 2.45) is 11.7 Å². The molecule has 0 aliphatic heterocycles. The van der Waals surface area contributed by atoms with E-state index in [1.807, 2.05) is 0 Å². The van der Waals surface area contributed by atoms with Crippen molar-refractivity contribution in [1.29, 1.82) is 0 Å². The Labute approximate surface area is 116 Å². The summed E-state index contributed by atoms with van der Waals surface area (Å²) in [6.45, 7) is 1.51. The minimum absolute atomic E-state index is 0.177. The van der Waals surface area contributed by atoms with Gasteiger partial charge in [0.1, 0.15) is 5.82 Å². The van der Waals surface area contributed by atoms with E-state index in [1.54, 1.807) is 12.1 Å². The molecule has 1 aromatic rings. The Morgan fingerprint density at radius 3 is 2.94 bits per heavy atom. The van der Waals surface area contributed by atoms with Crippen LogP contribution in [-0.2, 0) is 6.54 Å². The number of hydrogen-bond donors (Lipinski definition) is 1. The van der Waals surface area contributed by atoms with Crippen LogP contribution in [0, 0.1) is 11.7 Å². The topological polar surface area (TPSA) is 29.3 Å². The van der Waals surface area contributed by atoms with Crippen LogP contribution in [0.4, 0.5) is 4.39 Å². The van der Waals surface area contributed by atoms with Gasteiger partial charge in [-0.15, -0.1) is 0 Å². The molecule has 2 nitrogen and oxygen atoms in total. The second-order valence-electron chi connectivity index (χ2n) is 5.14. The number of rotatable bonds is 4. The van der Waals surface area contributed by atoms with Gasteiger partial charge in [0.05, 0.1) is 0 Å². The lowest BCUT2D eigenvalue weighted by Crippen LogP contribution is -2.37. The van der Waals surface area contributed by atoms with E-state index in [1.165, 1.54) is 25.3 Å². The van der Waals surface area contributed by atoms with Gasteiger partial charge >= 0.3 is 0 Å². The first-order valence-corrected chi connectivity index (χ1v) is 7.25. The highest BCUT2D eigenvalue weighted by Gasteiger charge is 2.29. The predicted octanol–water partition coefficient (Wildman–Crippen LogP) is 3.15. The fourth-order valence-electron chi connectivity index (χ4n) is 2.92. The fourth-order valence-corrected chi connectivity index (χ4v) is 3.29. The minimum Gasteiger partial charge on any atom is -0.330 e. The van der Waals surface area contributed by atoms with Gasteiger partial charge in [0, 0.05) is 17.1 Å². The zero-order valence-corrected chi connectivity index (χ0v) is 12.3. The monoisotopic (exact) mass is 314 g/mol. The second kappa shape index (κ2) is 6.13. The lowest BCUT2D eigenvalue weighted by molar-refractivity contribution is 0.192. The van der Waals surface area contributed by atoms with Crippen LogP contribution in [0.15, 0.2) is 22.7 Å². The number of hydrogen-bond acceptors (Lipinski definition) is 2. The lowest BCUT2D eigenvalue weighted by Gasteiger charge is -2.29. The van der Waals surface area contributed by atoms with Gasteiger partial charge in [0.25, 0.3) is 0 Å². The zero-order chi connectivity index (χ0) is 13.1. The molecule has 1 saturated carbocycles. The molecule has 1 aromatic carbocycles. The third kappa shape index (κ3) is 3.11. The molecule has 4 heteroatoms. The number of nitrogens with two attached hydrogens (primary N) is 1. The zero-order valence-electron chi connectivity index (χ0n) is 10.7. The van der Waals surface area contributed by atoms with Crippen molar-refractivity contribution in [1.82, 2.24) is 4.90 Å². The molecule has 2 N–H and O–H groups in total. The maximum atomic E-state index is 13.3. The molecule has 0 radical (unpaired) electrons. The Morgan fingerprint density at radius 1 is 1.44 bits per heavy atom. The molecule has 1 aliphatic rings. The molecule has 1 fully saturated rings. The third-order valence-electron chi connectivity index (χ3n) is 3.92. The SMILES string of the molecule is CN(Cc1cc(F)ccc1Br)C1CCCC1CN. The Bertz CT molecular complexity index is 411. The summed E-state index contributed by atoms with van der Waals surface area (Å²) in [5, 5.41) is 0. The number of halogens is 2. The summed E-state index contributed by atoms with van der Waals surface area (Å²) in [6.07, 6.45) is 3.67. The highest BCUT2D eigenvalue weighted by atomic mass is 79.9. The lowest BCUT2D eigenvalue weighted by atomic mass is 10.0. The van der Waals surface area contributed by atoms with E-state index < -0.39 is 0 Å². The standard InChI is InChI=1S/C14H20BrFN2/c1-18(14-4-2-3-10(14)8-17)9-11-7-12(16)5-6-13(11)15/h5-7,10,14H,2-4,8-9,17H2,1H3. The fraction of sp³-hybridized carbons (Fsp3) is 0.571. The van der Waals surface area contributed by atoms with Gasteiger partial charge < -0.3 is 5.73 Å². The minimum atomic E-state index is -0.177. The van der Waals surface area contributed by atoms with Crippen molar-refractivity contribution in [3.05, 3.63) is 34.1 Å². The van der Waals surface area contributed by atoms with Crippen molar-refractivity contribution in [2.75, 3.05) is 13.6 Å². The Balaban J connectivity index is 2.06. The second-order valence-corrected chi connectivity index (χ2v) is 6.00. The molecule has 0 saturated heterocycles. The molecule has 0 heterocycles. The molecule has 0 spiro atoms. The molecule has 18 heavy (non-hydrogen) atoms. The quantitative estimate of drug-likeness (QED) is 0.925. The maximum Gasteiger partial charge on any atom is 0.123 e. The van der Waals surface area contributed by atoms with Crippen molar-refractivity contribution in [3.8, 4) is 0 Å². The summed E-state index contributed by atoms with van der Waals surface area (Å²) >= 11 is 3.48. The van der Waals surface area contributed by atoms with E-state index in [0.717, 1.165) is 23.1 Å². The van der Waals surface area contributed by atoms with E-state index in [9.17, 15) is 4.39 Å². The van der Waals surface area contributed by atoms with E-state index in [0.29, 0.717) is 12.0 Å². The van der Waals surface area contributed by atoms with Crippen LogP contribution in [-0.4, -0.2) is 24.5 Å². The molecular weight excluding hydrogens is 295 g/mol. The molecule has 1 aliphatic carbocycles. The highest BCUT2D eigenvalue weighted by Crippen LogP contribution is 2.30. The van der Waals surface area contributed by atoms with Crippen molar-refractivity contribution in [2.45, 2.75) is 31.8 Å². The van der Waals surface area contributed by atoms with Crippen LogP contribution in [0.5, 0.6) is 0 Å². The van der Waals surface area contributed by atoms with E-state index >= 15 is 0 Å². The molecule has 0 bridgehead atoms. The molecule has 0 amide bonds. The molecule has 0 aromatic heterocycles. The van der Waals surface area contributed by atoms with Crippen molar-refractivity contribution in [3.63, 3.8) is 0 Å². The summed E-state index contributed by atoms with van der Waals surface area (Å²) < 4.78 is 14.2. The Hall–Kier alpha value is -0.450. The van der Waals surface area contributed by atoms with Crippen molar-refractivity contribution < 1.29 is 4.39 Å². The van der Waals surface area contributed by atoms with Crippen LogP contribution in [0.3, 0.4) is 0 Å². The maximum absolute atomic E-state index is 13.3. The normalized spacial score (nSPS) is 23.8. The van der Waals surface area contributed by atoms with Gasteiger partial charge in [-0.3, -0.25) is 4.90 Å². The van der Waals surface area contributed by atoms with Crippen LogP contribution >= 0.6 is 15.9 Å². The smallest absolute Gasteiger partial charge is 0.123 e. The first-order chi connectivity index (χ1) is 8.61. The van der Waals surface area contributed by atoms with Crippen LogP contribution in [0.2, 0.25) is 0 Å². The predicted molar refractivity (Wildman–Crippen MR) is 75.8 cm³/mol. The van der Waals surface area contributed by atoms with Gasteiger partial charge in [0.15, 0.2) is 0 Å². The summed E-state index contributed by atoms with van der Waals surface area (Å²) in [7, 11) is 2.11. The first-order valence-electron chi connectivity index (χ1n) is 6.46. The van der Waals surface area contributed by atoms with E-state index in [4.69, 9.17) is 5.73 Å². The van der Waals surface area contributed by atoms with Crippen molar-refractivity contribution >= 4 is 15.9 Å². The average Bonchev–Trinajstić information content (AvgIpc) is 2.82. The number of nitrogens with zero attached hydrogens (tertiary/aromatic N) is 1. The van der Waals surface area contributed by atoms with Crippen LogP contribution < -0.4 is 5.73 Å². The number of benzene rings is 1. The van der Waals surface area contributed by atoms with E-state index in [2.05, 4.69) is 27.9 Å². The summed E-state index contributed by atoms with van der Waals surface area (Å²) in [5.74, 6) is 0.408. The van der Waals surface area contributed by atoms with Gasteiger partial charge in [-0.1, -0.05) is 22.4 Å². The molecule has 2 rings (SSSR count). The largest absolute Gasteiger partial charge is 0.330 e. The van der Waals surface area contributed by atoms with Gasteiger partial charge in [-0.25, -0.2) is 4.39 Å². The summed E-state index contributed by atoms with van der Waals surface area (Å²) in [4.78, 5) is 2.31. The third-order valence-corrected chi connectivity index (χ3v) is 4.69. The van der Waals surface area contributed by atoms with Gasteiger partial charge in [-0.2, -0.15) is 0 Å². The first kappa shape index (κ1) is 14.0. The summed E-state index contributed by atoms with van der Waals surface area (Å²) in [6, 6.07) is 5.39. The molecule has 2 atom stereocenters. The Morgan fingerprint density at radius 2 is 2.22 bits per heavy atom. The highest BCUT2D eigenvalue weighted by molar-refractivity contribution is 9.10. The molecular formula is C14H20BrFN2. The molecule has 2 unspecified atom stereocenters. The van der Waals surface area contributed by atoms with Gasteiger partial charge in [0.2, 0.25) is 0 Å². The average molecular weight is 315 g/mol. The van der Waals surface area contributed by atoms with E-state index in [-0.39, 0.29) is 5.82 Å².